The van der Waals surface area contributed by atoms with Crippen molar-refractivity contribution in [1.29, 1.82) is 5.26 Å². The van der Waals surface area contributed by atoms with Gasteiger partial charge in [-0.05, 0) is 61.2 Å². The summed E-state index contributed by atoms with van der Waals surface area (Å²) in [6, 6.07) is 15.0. The molecule has 1 spiro atoms. The predicted molar refractivity (Wildman–Crippen MR) is 119 cm³/mol. The van der Waals surface area contributed by atoms with Crippen LogP contribution in [-0.2, 0) is 11.2 Å². The lowest BCUT2D eigenvalue weighted by Gasteiger charge is -2.43. The van der Waals surface area contributed by atoms with Crippen LogP contribution < -0.4 is 9.64 Å². The standard InChI is InChI=1S/C25H26N4O3/c1-17(20-6-5-19-9-14-32-22(19)15-20)28-12-10-25(11-13-28)23(30)29(24(31)27(25)2)21-7-3-18(16-26)4-8-21/h3-8,15,17H,9-14H2,1-2H3/t17-/m1/s1. The van der Waals surface area contributed by atoms with E-state index in [1.165, 1.54) is 16.0 Å². The van der Waals surface area contributed by atoms with Gasteiger partial charge in [-0.25, -0.2) is 9.69 Å². The number of nitriles is 1. The first-order chi connectivity index (χ1) is 15.4. The van der Waals surface area contributed by atoms with Gasteiger partial charge in [0.1, 0.15) is 11.3 Å². The summed E-state index contributed by atoms with van der Waals surface area (Å²) in [5, 5.41) is 9.02. The van der Waals surface area contributed by atoms with Crippen LogP contribution in [0.5, 0.6) is 5.75 Å². The highest BCUT2D eigenvalue weighted by molar-refractivity contribution is 6.23. The SMILES string of the molecule is C[C@H](c1ccc2c(c1)OCC2)N1CCC2(CC1)C(=O)N(c1ccc(C#N)cc1)C(=O)N2C. The van der Waals surface area contributed by atoms with Crippen LogP contribution in [0.2, 0.25) is 0 Å². The number of imide groups is 1. The maximum atomic E-state index is 13.5. The third-order valence-electron chi connectivity index (χ3n) is 7.35. The zero-order valence-corrected chi connectivity index (χ0v) is 18.4. The van der Waals surface area contributed by atoms with Crippen LogP contribution in [-0.4, -0.2) is 54.0 Å². The molecule has 1 atom stereocenters. The van der Waals surface area contributed by atoms with Crippen molar-refractivity contribution in [3.05, 3.63) is 59.2 Å². The number of rotatable bonds is 3. The van der Waals surface area contributed by atoms with Crippen LogP contribution in [0.1, 0.15) is 42.5 Å². The highest BCUT2D eigenvalue weighted by Crippen LogP contribution is 2.40. The van der Waals surface area contributed by atoms with E-state index in [0.717, 1.165) is 31.9 Å². The van der Waals surface area contributed by atoms with Crippen LogP contribution in [0.15, 0.2) is 42.5 Å². The van der Waals surface area contributed by atoms with Crippen molar-refractivity contribution in [3.8, 4) is 11.8 Å². The summed E-state index contributed by atoms with van der Waals surface area (Å²) >= 11 is 0. The Kier molecular flexibility index (Phi) is 4.90. The number of fused-ring (bicyclic) bond motifs is 1. The summed E-state index contributed by atoms with van der Waals surface area (Å²) in [5.74, 6) is 0.810. The Labute approximate surface area is 187 Å². The summed E-state index contributed by atoms with van der Waals surface area (Å²) in [5.41, 5.74) is 2.66. The van der Waals surface area contributed by atoms with Gasteiger partial charge in [-0.2, -0.15) is 5.26 Å². The van der Waals surface area contributed by atoms with E-state index in [1.807, 2.05) is 0 Å². The van der Waals surface area contributed by atoms with E-state index in [1.54, 1.807) is 36.2 Å². The second-order valence-corrected chi connectivity index (χ2v) is 8.85. The molecule has 3 aliphatic heterocycles. The minimum absolute atomic E-state index is 0.173. The molecule has 0 saturated carbocycles. The van der Waals surface area contributed by atoms with Crippen molar-refractivity contribution in [1.82, 2.24) is 9.80 Å². The minimum Gasteiger partial charge on any atom is -0.493 e. The summed E-state index contributed by atoms with van der Waals surface area (Å²) in [6.45, 7) is 4.38. The first-order valence-corrected chi connectivity index (χ1v) is 11.1. The Morgan fingerprint density at radius 1 is 1.09 bits per heavy atom. The van der Waals surface area contributed by atoms with Crippen molar-refractivity contribution in [3.63, 3.8) is 0 Å². The molecule has 2 aromatic carbocycles. The molecule has 3 amide bonds. The van der Waals surface area contributed by atoms with Crippen LogP contribution >= 0.6 is 0 Å². The highest BCUT2D eigenvalue weighted by Gasteiger charge is 2.57. The lowest BCUT2D eigenvalue weighted by molar-refractivity contribution is -0.127. The van der Waals surface area contributed by atoms with E-state index in [0.29, 0.717) is 24.1 Å². The Morgan fingerprint density at radius 2 is 1.81 bits per heavy atom. The van der Waals surface area contributed by atoms with Crippen molar-refractivity contribution in [2.75, 3.05) is 31.6 Å². The molecule has 7 nitrogen and oxygen atoms in total. The molecule has 2 fully saturated rings. The zero-order chi connectivity index (χ0) is 22.5. The number of hydrogen-bond donors (Lipinski definition) is 0. The number of ether oxygens (including phenoxy) is 1. The lowest BCUT2D eigenvalue weighted by atomic mass is 9.85. The maximum Gasteiger partial charge on any atom is 0.332 e. The molecule has 3 heterocycles. The number of likely N-dealkylation sites (tertiary alicyclic amines) is 1. The summed E-state index contributed by atoms with van der Waals surface area (Å²) < 4.78 is 5.73. The van der Waals surface area contributed by atoms with Crippen molar-refractivity contribution in [2.45, 2.75) is 37.8 Å². The summed E-state index contributed by atoms with van der Waals surface area (Å²) in [4.78, 5) is 31.8. The average molecular weight is 431 g/mol. The summed E-state index contributed by atoms with van der Waals surface area (Å²) in [7, 11) is 1.72. The van der Waals surface area contributed by atoms with Crippen molar-refractivity contribution >= 4 is 17.6 Å². The van der Waals surface area contributed by atoms with Gasteiger partial charge >= 0.3 is 6.03 Å². The van der Waals surface area contributed by atoms with Gasteiger partial charge in [0.25, 0.3) is 5.91 Å². The third kappa shape index (κ3) is 3.06. The van der Waals surface area contributed by atoms with E-state index in [4.69, 9.17) is 10.00 Å². The monoisotopic (exact) mass is 430 g/mol. The molecular formula is C25H26N4O3. The van der Waals surface area contributed by atoms with E-state index in [2.05, 4.69) is 36.1 Å². The molecule has 3 aliphatic rings. The second-order valence-electron chi connectivity index (χ2n) is 8.85. The molecule has 164 valence electrons. The third-order valence-corrected chi connectivity index (χ3v) is 7.35. The number of anilines is 1. The first-order valence-electron chi connectivity index (χ1n) is 11.1. The average Bonchev–Trinajstić information content (AvgIpc) is 3.37. The Bertz CT molecular complexity index is 1110. The fraction of sp³-hybridized carbons (Fsp3) is 0.400. The van der Waals surface area contributed by atoms with Gasteiger partial charge in [-0.3, -0.25) is 9.69 Å². The Hall–Kier alpha value is -3.37. The molecule has 7 heteroatoms. The topological polar surface area (TPSA) is 76.9 Å². The molecule has 0 N–H and O–H groups in total. The lowest BCUT2D eigenvalue weighted by Crippen LogP contribution is -2.55. The number of likely N-dealkylation sites (N-methyl/N-ethyl adjacent to an activating group) is 1. The number of amides is 3. The van der Waals surface area contributed by atoms with Crippen molar-refractivity contribution < 1.29 is 14.3 Å². The van der Waals surface area contributed by atoms with Crippen LogP contribution in [0.25, 0.3) is 0 Å². The molecule has 0 bridgehead atoms. The first kappa shape index (κ1) is 20.5. The number of piperidine rings is 1. The fourth-order valence-electron chi connectivity index (χ4n) is 5.17. The Balaban J connectivity index is 1.33. The quantitative estimate of drug-likeness (QED) is 0.697. The molecule has 0 unspecified atom stereocenters. The van der Waals surface area contributed by atoms with Gasteiger partial charge in [-0.15, -0.1) is 0 Å². The number of nitrogens with zero attached hydrogens (tertiary/aromatic N) is 4. The van der Waals surface area contributed by atoms with E-state index >= 15 is 0 Å². The van der Waals surface area contributed by atoms with Crippen molar-refractivity contribution in [2.24, 2.45) is 0 Å². The van der Waals surface area contributed by atoms with Gasteiger partial charge in [0, 0.05) is 32.6 Å². The normalized spacial score (nSPS) is 20.9. The van der Waals surface area contributed by atoms with Crippen LogP contribution in [0.3, 0.4) is 0 Å². The number of urea groups is 1. The number of carbonyl (C=O) groups excluding carboxylic acids is 2. The molecule has 5 rings (SSSR count). The molecule has 32 heavy (non-hydrogen) atoms. The van der Waals surface area contributed by atoms with Gasteiger partial charge in [0.2, 0.25) is 0 Å². The van der Waals surface area contributed by atoms with E-state index < -0.39 is 5.54 Å². The smallest absolute Gasteiger partial charge is 0.332 e. The molecule has 2 aromatic rings. The minimum atomic E-state index is -0.817. The van der Waals surface area contributed by atoms with Gasteiger partial charge in [-0.1, -0.05) is 12.1 Å². The predicted octanol–water partition coefficient (Wildman–Crippen LogP) is 3.49. The van der Waals surface area contributed by atoms with Gasteiger partial charge in [0.05, 0.1) is 23.9 Å². The van der Waals surface area contributed by atoms with Gasteiger partial charge in [0.15, 0.2) is 0 Å². The number of carbonyl (C=O) groups is 2. The zero-order valence-electron chi connectivity index (χ0n) is 18.4. The van der Waals surface area contributed by atoms with Crippen LogP contribution in [0.4, 0.5) is 10.5 Å². The summed E-state index contributed by atoms with van der Waals surface area (Å²) in [6.07, 6.45) is 2.15. The maximum absolute atomic E-state index is 13.5. The Morgan fingerprint density at radius 3 is 2.50 bits per heavy atom. The molecule has 0 radical (unpaired) electrons. The van der Waals surface area contributed by atoms with E-state index in [-0.39, 0.29) is 18.0 Å². The molecule has 0 aromatic heterocycles. The molecule has 2 saturated heterocycles. The van der Waals surface area contributed by atoms with Crippen LogP contribution in [0, 0.1) is 11.3 Å². The molecular weight excluding hydrogens is 404 g/mol. The second kappa shape index (κ2) is 7.64. The number of hydrogen-bond acceptors (Lipinski definition) is 5. The van der Waals surface area contributed by atoms with Gasteiger partial charge < -0.3 is 9.64 Å². The fourth-order valence-corrected chi connectivity index (χ4v) is 5.17. The number of benzene rings is 2. The van der Waals surface area contributed by atoms with E-state index in [9.17, 15) is 9.59 Å². The molecule has 0 aliphatic carbocycles. The highest BCUT2D eigenvalue weighted by atomic mass is 16.5. The largest absolute Gasteiger partial charge is 0.493 e.